The zero-order valence-electron chi connectivity index (χ0n) is 21.8. The van der Waals surface area contributed by atoms with Crippen molar-refractivity contribution in [3.05, 3.63) is 70.3 Å². The predicted octanol–water partition coefficient (Wildman–Crippen LogP) is 5.39. The Labute approximate surface area is 212 Å². The number of hydrogen-bond acceptors (Lipinski definition) is 5. The van der Waals surface area contributed by atoms with Gasteiger partial charge in [0.25, 0.3) is 0 Å². The highest BCUT2D eigenvalue weighted by Crippen LogP contribution is 2.47. The molecule has 5 N–H and O–H groups in total. The first-order valence-corrected chi connectivity index (χ1v) is 12.0. The van der Waals surface area contributed by atoms with Gasteiger partial charge >= 0.3 is 11.9 Å². The van der Waals surface area contributed by atoms with Crippen LogP contribution in [-0.2, 0) is 15.6 Å². The molecule has 1 aliphatic carbocycles. The van der Waals surface area contributed by atoms with Crippen LogP contribution < -0.4 is 5.73 Å². The summed E-state index contributed by atoms with van der Waals surface area (Å²) in [5, 5.41) is 27.7. The summed E-state index contributed by atoms with van der Waals surface area (Å²) in [6.45, 7) is 12.2. The fourth-order valence-electron chi connectivity index (χ4n) is 4.08. The Hall–Kier alpha value is -3.45. The Balaban J connectivity index is 0.000000493. The lowest BCUT2D eigenvalue weighted by Crippen LogP contribution is -2.34. The maximum atomic E-state index is 12.7. The van der Waals surface area contributed by atoms with Gasteiger partial charge in [-0.2, -0.15) is 0 Å². The second kappa shape index (κ2) is 11.1. The predicted molar refractivity (Wildman–Crippen MR) is 141 cm³/mol. The molecule has 0 saturated heterocycles. The first-order chi connectivity index (χ1) is 16.6. The van der Waals surface area contributed by atoms with E-state index in [2.05, 4.69) is 27.7 Å². The highest BCUT2D eigenvalue weighted by atomic mass is 16.4. The van der Waals surface area contributed by atoms with Crippen LogP contribution >= 0.6 is 0 Å². The molecular formula is C29H37NO6. The van der Waals surface area contributed by atoms with Crippen molar-refractivity contribution in [1.82, 2.24) is 0 Å². The van der Waals surface area contributed by atoms with E-state index in [0.29, 0.717) is 5.56 Å². The SMILES string of the molecule is CC(C)[C@H](N)C(=O)O.CC1(C)CCC(C)(C)c2cc(C(=O)/C=C/c3ccc(C(=O)O)cc3)c(O)cc21. The van der Waals surface area contributed by atoms with Crippen molar-refractivity contribution in [2.75, 3.05) is 0 Å². The van der Waals surface area contributed by atoms with Gasteiger partial charge in [0.2, 0.25) is 0 Å². The number of phenols is 1. The van der Waals surface area contributed by atoms with E-state index in [1.54, 1.807) is 38.1 Å². The molecule has 0 fully saturated rings. The Morgan fingerprint density at radius 2 is 1.42 bits per heavy atom. The van der Waals surface area contributed by atoms with Crippen molar-refractivity contribution >= 4 is 23.8 Å². The van der Waals surface area contributed by atoms with Gasteiger partial charge in [-0.1, -0.05) is 59.8 Å². The van der Waals surface area contributed by atoms with Gasteiger partial charge in [0.05, 0.1) is 11.1 Å². The summed E-state index contributed by atoms with van der Waals surface area (Å²) >= 11 is 0. The topological polar surface area (TPSA) is 138 Å². The molecule has 0 saturated carbocycles. The van der Waals surface area contributed by atoms with E-state index in [4.69, 9.17) is 15.9 Å². The van der Waals surface area contributed by atoms with Gasteiger partial charge in [0, 0.05) is 0 Å². The van der Waals surface area contributed by atoms with Crippen LogP contribution in [0.4, 0.5) is 0 Å². The van der Waals surface area contributed by atoms with Crippen molar-refractivity contribution in [2.24, 2.45) is 11.7 Å². The van der Waals surface area contributed by atoms with Crippen LogP contribution in [0, 0.1) is 5.92 Å². The Morgan fingerprint density at radius 3 is 1.83 bits per heavy atom. The van der Waals surface area contributed by atoms with Gasteiger partial charge in [0.1, 0.15) is 11.8 Å². The molecule has 0 aromatic heterocycles. The zero-order chi connectivity index (χ0) is 27.4. The number of rotatable bonds is 6. The number of hydrogen-bond donors (Lipinski definition) is 4. The molecule has 1 atom stereocenters. The third kappa shape index (κ3) is 6.82. The van der Waals surface area contributed by atoms with Crippen LogP contribution in [-0.4, -0.2) is 39.1 Å². The van der Waals surface area contributed by atoms with E-state index in [-0.39, 0.29) is 33.8 Å². The van der Waals surface area contributed by atoms with Crippen LogP contribution in [0.15, 0.2) is 42.5 Å². The lowest BCUT2D eigenvalue weighted by atomic mass is 9.63. The number of aliphatic carboxylic acids is 1. The number of carboxylic acid groups (broad SMARTS) is 2. The molecule has 7 heteroatoms. The normalized spacial score (nSPS) is 16.6. The number of aromatic carboxylic acids is 1. The fraction of sp³-hybridized carbons (Fsp3) is 0.414. The van der Waals surface area contributed by atoms with Crippen LogP contribution in [0.25, 0.3) is 6.08 Å². The van der Waals surface area contributed by atoms with E-state index in [1.165, 1.54) is 18.2 Å². The summed E-state index contributed by atoms with van der Waals surface area (Å²) in [5.74, 6) is -2.18. The molecular weight excluding hydrogens is 458 g/mol. The molecule has 0 amide bonds. The summed E-state index contributed by atoms with van der Waals surface area (Å²) < 4.78 is 0. The highest BCUT2D eigenvalue weighted by Gasteiger charge is 2.38. The molecule has 194 valence electrons. The highest BCUT2D eigenvalue weighted by molar-refractivity contribution is 6.08. The molecule has 3 rings (SSSR count). The number of nitrogens with two attached hydrogens (primary N) is 1. The van der Waals surface area contributed by atoms with E-state index in [0.717, 1.165) is 29.5 Å². The monoisotopic (exact) mass is 495 g/mol. The second-order valence-corrected chi connectivity index (χ2v) is 10.9. The zero-order valence-corrected chi connectivity index (χ0v) is 21.8. The third-order valence-corrected chi connectivity index (χ3v) is 6.82. The van der Waals surface area contributed by atoms with Gasteiger partial charge in [-0.3, -0.25) is 9.59 Å². The van der Waals surface area contributed by atoms with Gasteiger partial charge < -0.3 is 21.1 Å². The number of aromatic hydroxyl groups is 1. The number of fused-ring (bicyclic) bond motifs is 1. The number of benzene rings is 2. The van der Waals surface area contributed by atoms with Gasteiger partial charge in [0.15, 0.2) is 5.78 Å². The Kier molecular flexibility index (Phi) is 8.86. The van der Waals surface area contributed by atoms with Crippen molar-refractivity contribution in [2.45, 2.75) is 71.3 Å². The number of carbonyl (C=O) groups is 3. The molecule has 0 aliphatic heterocycles. The number of ketones is 1. The second-order valence-electron chi connectivity index (χ2n) is 10.9. The maximum absolute atomic E-state index is 12.7. The summed E-state index contributed by atoms with van der Waals surface area (Å²) in [6.07, 6.45) is 5.10. The lowest BCUT2D eigenvalue weighted by Gasteiger charge is -2.42. The number of carbonyl (C=O) groups excluding carboxylic acids is 1. The molecule has 0 bridgehead atoms. The molecule has 0 heterocycles. The average Bonchev–Trinajstić information content (AvgIpc) is 2.80. The summed E-state index contributed by atoms with van der Waals surface area (Å²) in [4.78, 5) is 33.7. The third-order valence-electron chi connectivity index (χ3n) is 6.82. The molecule has 2 aromatic carbocycles. The number of allylic oxidation sites excluding steroid dienone is 1. The van der Waals surface area contributed by atoms with Gasteiger partial charge in [-0.15, -0.1) is 0 Å². The van der Waals surface area contributed by atoms with Crippen LogP contribution in [0.3, 0.4) is 0 Å². The molecule has 0 radical (unpaired) electrons. The van der Waals surface area contributed by atoms with Crippen LogP contribution in [0.2, 0.25) is 0 Å². The van der Waals surface area contributed by atoms with E-state index in [1.807, 2.05) is 6.07 Å². The minimum Gasteiger partial charge on any atom is -0.507 e. The minimum atomic E-state index is -0.990. The van der Waals surface area contributed by atoms with E-state index < -0.39 is 18.0 Å². The maximum Gasteiger partial charge on any atom is 0.335 e. The molecule has 36 heavy (non-hydrogen) atoms. The first-order valence-electron chi connectivity index (χ1n) is 12.0. The largest absolute Gasteiger partial charge is 0.507 e. The van der Waals surface area contributed by atoms with Crippen LogP contribution in [0.1, 0.15) is 91.8 Å². The van der Waals surface area contributed by atoms with Crippen molar-refractivity contribution in [1.29, 1.82) is 0 Å². The summed E-state index contributed by atoms with van der Waals surface area (Å²) in [7, 11) is 0. The van der Waals surface area contributed by atoms with Gasteiger partial charge in [-0.05, 0) is 76.6 Å². The minimum absolute atomic E-state index is 0.000370. The lowest BCUT2D eigenvalue weighted by molar-refractivity contribution is -0.139. The average molecular weight is 496 g/mol. The van der Waals surface area contributed by atoms with Crippen molar-refractivity contribution < 1.29 is 29.7 Å². The molecule has 7 nitrogen and oxygen atoms in total. The quantitative estimate of drug-likeness (QED) is 0.311. The van der Waals surface area contributed by atoms with Crippen molar-refractivity contribution in [3.8, 4) is 5.75 Å². The summed E-state index contributed by atoms with van der Waals surface area (Å²) in [5.41, 5.74) is 8.50. The standard InChI is InChI=1S/C24H26O4.C5H11NO2/c1-23(2)11-12-24(3,4)19-14-21(26)17(13-18(19)23)20(25)10-7-15-5-8-16(9-6-15)22(27)28;1-3(2)4(6)5(7)8/h5-10,13-14,26H,11-12H2,1-4H3,(H,27,28);3-4H,6H2,1-2H3,(H,7,8)/b10-7+;/t;4-/m.0/s1. The molecule has 0 unspecified atom stereocenters. The first kappa shape index (κ1) is 28.8. The molecule has 1 aliphatic rings. The Bertz CT molecular complexity index is 1160. The number of phenolic OH excluding ortho intramolecular Hbond substituents is 1. The van der Waals surface area contributed by atoms with E-state index in [9.17, 15) is 19.5 Å². The summed E-state index contributed by atoms with van der Waals surface area (Å²) in [6, 6.07) is 9.15. The molecule has 2 aromatic rings. The van der Waals surface area contributed by atoms with Crippen LogP contribution in [0.5, 0.6) is 5.75 Å². The molecule has 0 spiro atoms. The smallest absolute Gasteiger partial charge is 0.335 e. The van der Waals surface area contributed by atoms with E-state index >= 15 is 0 Å². The van der Waals surface area contributed by atoms with Crippen molar-refractivity contribution in [3.63, 3.8) is 0 Å². The number of carboxylic acids is 2. The Morgan fingerprint density at radius 1 is 0.917 bits per heavy atom. The fourth-order valence-corrected chi connectivity index (χ4v) is 4.08. The van der Waals surface area contributed by atoms with Gasteiger partial charge in [-0.25, -0.2) is 4.79 Å².